The minimum absolute atomic E-state index is 0.0397. The van der Waals surface area contributed by atoms with Crippen LogP contribution in [0.1, 0.15) is 40.0 Å². The maximum absolute atomic E-state index is 13.0. The third-order valence-electron chi connectivity index (χ3n) is 4.90. The average molecular weight is 360 g/mol. The topological polar surface area (TPSA) is 60.2 Å². The second-order valence-electron chi connectivity index (χ2n) is 7.30. The van der Waals surface area contributed by atoms with E-state index in [1.54, 1.807) is 21.7 Å². The Morgan fingerprint density at radius 1 is 1.35 bits per heavy atom. The van der Waals surface area contributed by atoms with Crippen molar-refractivity contribution >= 4 is 6.09 Å². The van der Waals surface area contributed by atoms with E-state index in [4.69, 9.17) is 4.74 Å². The fourth-order valence-corrected chi connectivity index (χ4v) is 2.99. The molecule has 1 saturated heterocycles. The van der Waals surface area contributed by atoms with Crippen LogP contribution in [0.4, 0.5) is 9.18 Å². The van der Waals surface area contributed by atoms with Gasteiger partial charge in [0, 0.05) is 12.1 Å². The summed E-state index contributed by atoms with van der Waals surface area (Å²) < 4.78 is 20.4. The highest BCUT2D eigenvalue weighted by atomic mass is 19.1. The first-order chi connectivity index (χ1) is 12.4. The number of aromatic nitrogens is 3. The van der Waals surface area contributed by atoms with Gasteiger partial charge < -0.3 is 9.64 Å². The number of carbonyl (C=O) groups excluding carboxylic acids is 1. The van der Waals surface area contributed by atoms with Gasteiger partial charge in [-0.25, -0.2) is 13.9 Å². The summed E-state index contributed by atoms with van der Waals surface area (Å²) in [7, 11) is 0. The minimum Gasteiger partial charge on any atom is -0.443 e. The summed E-state index contributed by atoms with van der Waals surface area (Å²) >= 11 is 0. The van der Waals surface area contributed by atoms with Crippen LogP contribution in [0.5, 0.6) is 0 Å². The van der Waals surface area contributed by atoms with E-state index in [2.05, 4.69) is 10.3 Å². The first-order valence-electron chi connectivity index (χ1n) is 9.03. The molecule has 0 spiro atoms. The minimum atomic E-state index is -0.465. The summed E-state index contributed by atoms with van der Waals surface area (Å²) in [6, 6.07) is 6.20. The Balaban J connectivity index is 1.66. The lowest BCUT2D eigenvalue weighted by atomic mass is 10.1. The molecule has 1 atom stereocenters. The highest BCUT2D eigenvalue weighted by molar-refractivity contribution is 5.69. The molecule has 2 aromatic rings. The van der Waals surface area contributed by atoms with Gasteiger partial charge in [-0.1, -0.05) is 12.1 Å². The van der Waals surface area contributed by atoms with Crippen LogP contribution in [0.25, 0.3) is 11.3 Å². The van der Waals surface area contributed by atoms with Crippen molar-refractivity contribution in [2.45, 2.75) is 58.2 Å². The standard InChI is InChI=1S/C19H25FN4O2/c1-4-19(2,3)26-18(25)24-11-5-6-16(24)12-23-13-17(21-22-23)14-7-9-15(20)10-8-14/h7-10,13,16H,4-6,11-12H2,1-3H3/t16-/m0/s1. The predicted molar refractivity (Wildman–Crippen MR) is 96.0 cm³/mol. The van der Waals surface area contributed by atoms with Crippen LogP contribution in [0.3, 0.4) is 0 Å². The molecule has 1 fully saturated rings. The maximum Gasteiger partial charge on any atom is 0.410 e. The SMILES string of the molecule is CCC(C)(C)OC(=O)N1CCC[C@H]1Cn1cc(-c2ccc(F)cc2)nn1. The van der Waals surface area contributed by atoms with Crippen molar-refractivity contribution in [1.82, 2.24) is 19.9 Å². The molecule has 6 nitrogen and oxygen atoms in total. The lowest BCUT2D eigenvalue weighted by Gasteiger charge is -2.30. The maximum atomic E-state index is 13.0. The van der Waals surface area contributed by atoms with E-state index in [-0.39, 0.29) is 18.0 Å². The Kier molecular flexibility index (Phi) is 5.25. The Labute approximate surface area is 152 Å². The van der Waals surface area contributed by atoms with Crippen LogP contribution < -0.4 is 0 Å². The van der Waals surface area contributed by atoms with Crippen molar-refractivity contribution in [2.24, 2.45) is 0 Å². The van der Waals surface area contributed by atoms with E-state index >= 15 is 0 Å². The Bertz CT molecular complexity index is 757. The fraction of sp³-hybridized carbons (Fsp3) is 0.526. The number of hydrogen-bond acceptors (Lipinski definition) is 4. The lowest BCUT2D eigenvalue weighted by Crippen LogP contribution is -2.42. The van der Waals surface area contributed by atoms with Crippen LogP contribution in [0, 0.1) is 5.82 Å². The van der Waals surface area contributed by atoms with Crippen LogP contribution in [-0.4, -0.2) is 44.2 Å². The molecule has 0 radical (unpaired) electrons. The van der Waals surface area contributed by atoms with E-state index in [0.717, 1.165) is 24.8 Å². The first kappa shape index (κ1) is 18.4. The normalized spacial score (nSPS) is 17.5. The fourth-order valence-electron chi connectivity index (χ4n) is 2.99. The molecule has 0 saturated carbocycles. The Morgan fingerprint density at radius 2 is 2.08 bits per heavy atom. The quantitative estimate of drug-likeness (QED) is 0.812. The monoisotopic (exact) mass is 360 g/mol. The van der Waals surface area contributed by atoms with E-state index in [1.165, 1.54) is 12.1 Å². The molecule has 1 amide bonds. The second kappa shape index (κ2) is 7.43. The predicted octanol–water partition coefficient (Wildman–Crippen LogP) is 3.87. The molecule has 0 aliphatic carbocycles. The van der Waals surface area contributed by atoms with Gasteiger partial charge in [0.2, 0.25) is 0 Å². The van der Waals surface area contributed by atoms with Crippen molar-refractivity contribution in [2.75, 3.05) is 6.54 Å². The molecular formula is C19H25FN4O2. The van der Waals surface area contributed by atoms with Crippen LogP contribution in [-0.2, 0) is 11.3 Å². The third-order valence-corrected chi connectivity index (χ3v) is 4.90. The van der Waals surface area contributed by atoms with E-state index in [0.29, 0.717) is 18.8 Å². The summed E-state index contributed by atoms with van der Waals surface area (Å²) in [6.07, 6.45) is 4.18. The molecule has 0 N–H and O–H groups in total. The first-order valence-corrected chi connectivity index (χ1v) is 9.03. The number of halogens is 1. The molecule has 0 bridgehead atoms. The number of amides is 1. The van der Waals surface area contributed by atoms with Crippen molar-refractivity contribution in [1.29, 1.82) is 0 Å². The van der Waals surface area contributed by atoms with Crippen LogP contribution in [0.2, 0.25) is 0 Å². The van der Waals surface area contributed by atoms with E-state index in [9.17, 15) is 9.18 Å². The number of hydrogen-bond donors (Lipinski definition) is 0. The van der Waals surface area contributed by atoms with Crippen molar-refractivity contribution in [3.8, 4) is 11.3 Å². The zero-order valence-corrected chi connectivity index (χ0v) is 15.5. The molecule has 1 aliphatic rings. The van der Waals surface area contributed by atoms with Gasteiger partial charge >= 0.3 is 6.09 Å². The number of carbonyl (C=O) groups is 1. The van der Waals surface area contributed by atoms with Gasteiger partial charge in [-0.3, -0.25) is 0 Å². The van der Waals surface area contributed by atoms with Crippen molar-refractivity contribution in [3.63, 3.8) is 0 Å². The number of nitrogens with zero attached hydrogens (tertiary/aromatic N) is 4. The summed E-state index contributed by atoms with van der Waals surface area (Å²) in [5, 5.41) is 8.31. The van der Waals surface area contributed by atoms with E-state index in [1.807, 2.05) is 27.0 Å². The van der Waals surface area contributed by atoms with Gasteiger partial charge in [-0.05, 0) is 57.4 Å². The zero-order valence-electron chi connectivity index (χ0n) is 15.5. The van der Waals surface area contributed by atoms with Gasteiger partial charge in [-0.15, -0.1) is 5.10 Å². The summed E-state index contributed by atoms with van der Waals surface area (Å²) in [4.78, 5) is 14.3. The smallest absolute Gasteiger partial charge is 0.410 e. The Hall–Kier alpha value is -2.44. The highest BCUT2D eigenvalue weighted by Gasteiger charge is 2.33. The van der Waals surface area contributed by atoms with Gasteiger partial charge in [0.05, 0.1) is 18.8 Å². The van der Waals surface area contributed by atoms with Crippen molar-refractivity contribution < 1.29 is 13.9 Å². The van der Waals surface area contributed by atoms with Crippen molar-refractivity contribution in [3.05, 3.63) is 36.3 Å². The molecule has 1 aromatic heterocycles. The molecule has 140 valence electrons. The molecule has 3 rings (SSSR count). The number of rotatable bonds is 5. The molecule has 0 unspecified atom stereocenters. The zero-order chi connectivity index (χ0) is 18.7. The summed E-state index contributed by atoms with van der Waals surface area (Å²) in [5.41, 5.74) is 1.03. The van der Waals surface area contributed by atoms with Gasteiger partial charge in [0.1, 0.15) is 17.1 Å². The van der Waals surface area contributed by atoms with E-state index < -0.39 is 5.60 Å². The molecular weight excluding hydrogens is 335 g/mol. The molecule has 1 aromatic carbocycles. The lowest BCUT2D eigenvalue weighted by molar-refractivity contribution is 0.00801. The number of benzene rings is 1. The molecule has 2 heterocycles. The summed E-state index contributed by atoms with van der Waals surface area (Å²) in [6.45, 7) is 7.10. The molecule has 26 heavy (non-hydrogen) atoms. The number of ether oxygens (including phenoxy) is 1. The second-order valence-corrected chi connectivity index (χ2v) is 7.30. The number of likely N-dealkylation sites (tertiary alicyclic amines) is 1. The summed E-state index contributed by atoms with van der Waals surface area (Å²) in [5.74, 6) is -0.281. The van der Waals surface area contributed by atoms with Gasteiger partial charge in [0.25, 0.3) is 0 Å². The van der Waals surface area contributed by atoms with Crippen LogP contribution in [0.15, 0.2) is 30.5 Å². The molecule has 7 heteroatoms. The van der Waals surface area contributed by atoms with Gasteiger partial charge in [0.15, 0.2) is 0 Å². The average Bonchev–Trinajstić information content (AvgIpc) is 3.25. The van der Waals surface area contributed by atoms with Gasteiger partial charge in [-0.2, -0.15) is 0 Å². The largest absolute Gasteiger partial charge is 0.443 e. The highest BCUT2D eigenvalue weighted by Crippen LogP contribution is 2.24. The molecule has 1 aliphatic heterocycles. The third kappa shape index (κ3) is 4.20. The van der Waals surface area contributed by atoms with Crippen LogP contribution >= 0.6 is 0 Å². The Morgan fingerprint density at radius 3 is 2.77 bits per heavy atom.